The fourth-order valence-corrected chi connectivity index (χ4v) is 6.37. The minimum atomic E-state index is -0.391. The predicted molar refractivity (Wildman–Crippen MR) is 159 cm³/mol. The highest BCUT2D eigenvalue weighted by Crippen LogP contribution is 2.38. The number of thiazole rings is 1. The number of aliphatic hydroxyl groups excluding tert-OH is 1. The number of β-amino-alcohol motifs (C(OH)–C–C–N with tert-alkyl or cyclic N) is 1. The molecule has 11 nitrogen and oxygen atoms in total. The van der Waals surface area contributed by atoms with Gasteiger partial charge in [0.2, 0.25) is 5.91 Å². The van der Waals surface area contributed by atoms with Gasteiger partial charge in [0.1, 0.15) is 39.3 Å². The van der Waals surface area contributed by atoms with Gasteiger partial charge in [-0.05, 0) is 50.2 Å². The van der Waals surface area contributed by atoms with E-state index >= 15 is 0 Å². The zero-order valence-corrected chi connectivity index (χ0v) is 24.4. The Hall–Kier alpha value is -4.12. The molecule has 0 spiro atoms. The summed E-state index contributed by atoms with van der Waals surface area (Å²) in [6.45, 7) is 9.43. The number of rotatable bonds is 8. The summed E-state index contributed by atoms with van der Waals surface area (Å²) in [5.74, 6) is 1.37. The summed E-state index contributed by atoms with van der Waals surface area (Å²) in [7, 11) is 0. The maximum Gasteiger partial charge on any atom is 0.236 e. The second-order valence-corrected chi connectivity index (χ2v) is 11.4. The zero-order valence-electron chi connectivity index (χ0n) is 23.6. The first-order chi connectivity index (χ1) is 20.4. The number of aryl methyl sites for hydroxylation is 1. The zero-order chi connectivity index (χ0) is 29.4. The Labute approximate surface area is 247 Å². The molecule has 6 rings (SSSR count). The number of nitriles is 1. The molecule has 2 fully saturated rings. The van der Waals surface area contributed by atoms with Crippen molar-refractivity contribution in [2.45, 2.75) is 26.5 Å². The number of piperazine rings is 1. The van der Waals surface area contributed by atoms with Gasteiger partial charge in [0.05, 0.1) is 12.6 Å². The predicted octanol–water partition coefficient (Wildman–Crippen LogP) is 3.07. The molecular weight excluding hydrogens is 557 g/mol. The van der Waals surface area contributed by atoms with Crippen LogP contribution in [-0.2, 0) is 11.3 Å². The Morgan fingerprint density at radius 1 is 1.12 bits per heavy atom. The molecule has 2 aliphatic rings. The molecule has 1 aromatic carbocycles. The van der Waals surface area contributed by atoms with Crippen LogP contribution in [0, 0.1) is 17.1 Å². The lowest BCUT2D eigenvalue weighted by molar-refractivity contribution is -0.142. The van der Waals surface area contributed by atoms with Crippen LogP contribution in [0.1, 0.15) is 18.7 Å². The number of aliphatic hydroxyl groups is 1. The Morgan fingerprint density at radius 2 is 1.86 bits per heavy atom. The van der Waals surface area contributed by atoms with Crippen molar-refractivity contribution < 1.29 is 14.3 Å². The van der Waals surface area contributed by atoms with Gasteiger partial charge in [-0.2, -0.15) is 10.4 Å². The van der Waals surface area contributed by atoms with Gasteiger partial charge in [0.25, 0.3) is 0 Å². The molecule has 13 heteroatoms. The van der Waals surface area contributed by atoms with E-state index in [4.69, 9.17) is 15.1 Å². The van der Waals surface area contributed by atoms with Gasteiger partial charge in [0, 0.05) is 57.9 Å². The van der Waals surface area contributed by atoms with Gasteiger partial charge >= 0.3 is 0 Å². The van der Waals surface area contributed by atoms with Crippen LogP contribution in [0.3, 0.4) is 0 Å². The van der Waals surface area contributed by atoms with Crippen LogP contribution < -0.4 is 9.80 Å². The van der Waals surface area contributed by atoms with Crippen LogP contribution in [0.25, 0.3) is 22.3 Å². The van der Waals surface area contributed by atoms with Crippen LogP contribution in [0.15, 0.2) is 36.4 Å². The van der Waals surface area contributed by atoms with Crippen molar-refractivity contribution in [3.63, 3.8) is 0 Å². The highest BCUT2D eigenvalue weighted by atomic mass is 32.1. The molecule has 42 heavy (non-hydrogen) atoms. The number of aromatic nitrogens is 4. The molecule has 0 radical (unpaired) electrons. The Kier molecular flexibility index (Phi) is 7.76. The first-order valence-electron chi connectivity index (χ1n) is 14.1. The number of likely N-dealkylation sites (tertiary alicyclic amines) is 1. The number of carbonyl (C=O) groups is 1. The summed E-state index contributed by atoms with van der Waals surface area (Å²) in [4.78, 5) is 30.9. The summed E-state index contributed by atoms with van der Waals surface area (Å²) < 4.78 is 15.5. The van der Waals surface area contributed by atoms with E-state index in [2.05, 4.69) is 15.9 Å². The fourth-order valence-electron chi connectivity index (χ4n) is 5.41. The molecule has 1 amide bonds. The van der Waals surface area contributed by atoms with Gasteiger partial charge in [0.15, 0.2) is 10.9 Å². The van der Waals surface area contributed by atoms with E-state index in [1.165, 1.54) is 23.5 Å². The van der Waals surface area contributed by atoms with Crippen molar-refractivity contribution in [3.8, 4) is 17.3 Å². The fraction of sp³-hybridized carbons (Fsp3) is 0.414. The monoisotopic (exact) mass is 589 g/mol. The summed E-state index contributed by atoms with van der Waals surface area (Å²) in [6.07, 6.45) is -0.391. The molecule has 0 unspecified atom stereocenters. The lowest BCUT2D eigenvalue weighted by Crippen LogP contribution is -2.57. The first kappa shape index (κ1) is 28.0. The van der Waals surface area contributed by atoms with E-state index in [1.807, 2.05) is 35.6 Å². The molecule has 0 saturated carbocycles. The quantitative estimate of drug-likeness (QED) is 0.331. The number of pyridine rings is 1. The van der Waals surface area contributed by atoms with Crippen molar-refractivity contribution in [1.82, 2.24) is 29.5 Å². The van der Waals surface area contributed by atoms with Crippen LogP contribution in [0.5, 0.6) is 0 Å². The Bertz CT molecular complexity index is 1630. The minimum Gasteiger partial charge on any atom is -0.389 e. The molecule has 1 N–H and O–H groups in total. The van der Waals surface area contributed by atoms with Gasteiger partial charge in [-0.15, -0.1) is 0 Å². The maximum atomic E-state index is 13.5. The summed E-state index contributed by atoms with van der Waals surface area (Å²) in [5, 5.41) is 24.8. The molecule has 218 valence electrons. The van der Waals surface area contributed by atoms with E-state index in [0.29, 0.717) is 54.0 Å². The third-order valence-corrected chi connectivity index (χ3v) is 8.73. The van der Waals surface area contributed by atoms with Crippen LogP contribution >= 0.6 is 11.3 Å². The van der Waals surface area contributed by atoms with E-state index in [0.717, 1.165) is 48.8 Å². The van der Waals surface area contributed by atoms with Crippen molar-refractivity contribution in [1.29, 1.82) is 5.26 Å². The minimum absolute atomic E-state index is 0.0638. The molecule has 0 bridgehead atoms. The number of nitrogens with zero attached hydrogens (tertiary/aromatic N) is 9. The lowest BCUT2D eigenvalue weighted by Gasteiger charge is -2.39. The Balaban J connectivity index is 1.26. The van der Waals surface area contributed by atoms with Crippen LogP contribution in [0.4, 0.5) is 21.2 Å². The third-order valence-electron chi connectivity index (χ3n) is 7.75. The SMILES string of the molecule is CCN(c1nc(-c2ccc(F)cc2)c(C#N)s1)c1c2nc(N3CCN(CC(=O)N4CC(O)C4)CC3)ccc2nn1CC. The Morgan fingerprint density at radius 3 is 2.50 bits per heavy atom. The third kappa shape index (κ3) is 5.29. The number of hydrogen-bond acceptors (Lipinski definition) is 10. The molecule has 2 aliphatic heterocycles. The van der Waals surface area contributed by atoms with Gasteiger partial charge in [-0.3, -0.25) is 9.69 Å². The van der Waals surface area contributed by atoms with Gasteiger partial charge in [-0.1, -0.05) is 11.3 Å². The summed E-state index contributed by atoms with van der Waals surface area (Å²) in [6, 6.07) is 12.2. The van der Waals surface area contributed by atoms with Crippen LogP contribution in [0.2, 0.25) is 0 Å². The number of amides is 1. The second kappa shape index (κ2) is 11.6. The van der Waals surface area contributed by atoms with Crippen molar-refractivity contribution in [2.75, 3.05) is 62.2 Å². The molecule has 3 aromatic heterocycles. The van der Waals surface area contributed by atoms with E-state index < -0.39 is 6.10 Å². The van der Waals surface area contributed by atoms with Gasteiger partial charge < -0.3 is 19.8 Å². The highest BCUT2D eigenvalue weighted by Gasteiger charge is 2.31. The van der Waals surface area contributed by atoms with E-state index in [9.17, 15) is 19.6 Å². The highest BCUT2D eigenvalue weighted by molar-refractivity contribution is 7.16. The van der Waals surface area contributed by atoms with Crippen molar-refractivity contribution >= 4 is 45.0 Å². The topological polar surface area (TPSA) is 118 Å². The standard InChI is InChI=1S/C29H32FN9O2S/c1-3-38(29-33-26(23(15-31)42-29)19-5-7-20(30)8-6-19)28-27-22(34-39(28)4-2)9-10-24(32-27)36-13-11-35(12-14-36)18-25(41)37-16-21(40)17-37/h5-10,21,40H,3-4,11-14,16-18H2,1-2H3. The molecular formula is C29H32FN9O2S. The smallest absolute Gasteiger partial charge is 0.236 e. The first-order valence-corrected chi connectivity index (χ1v) is 14.9. The molecule has 4 aromatic rings. The summed E-state index contributed by atoms with van der Waals surface area (Å²) in [5.41, 5.74) is 2.73. The number of carbonyl (C=O) groups excluding carboxylic acids is 1. The van der Waals surface area contributed by atoms with E-state index in [1.54, 1.807) is 17.0 Å². The van der Waals surface area contributed by atoms with E-state index in [-0.39, 0.29) is 11.7 Å². The number of benzene rings is 1. The summed E-state index contributed by atoms with van der Waals surface area (Å²) >= 11 is 1.29. The number of hydrogen-bond donors (Lipinski definition) is 1. The molecule has 2 saturated heterocycles. The maximum absolute atomic E-state index is 13.5. The largest absolute Gasteiger partial charge is 0.389 e. The molecule has 0 atom stereocenters. The average molecular weight is 590 g/mol. The average Bonchev–Trinajstić information content (AvgIpc) is 3.58. The van der Waals surface area contributed by atoms with Crippen LogP contribution in [-0.4, -0.2) is 99.0 Å². The molecule has 5 heterocycles. The number of halogens is 1. The normalized spacial score (nSPS) is 16.1. The second-order valence-electron chi connectivity index (χ2n) is 10.4. The molecule has 0 aliphatic carbocycles. The lowest BCUT2D eigenvalue weighted by atomic mass is 10.1. The van der Waals surface area contributed by atoms with Gasteiger partial charge in [-0.25, -0.2) is 19.0 Å². The number of anilines is 3. The number of fused-ring (bicyclic) bond motifs is 1. The van der Waals surface area contributed by atoms with Crippen molar-refractivity contribution in [2.24, 2.45) is 0 Å². The van der Waals surface area contributed by atoms with Crippen molar-refractivity contribution in [3.05, 3.63) is 47.1 Å².